The molecular formula is C18H25N5O3. The summed E-state index contributed by atoms with van der Waals surface area (Å²) in [5, 5.41) is 11.4. The lowest BCUT2D eigenvalue weighted by Gasteiger charge is -2.15. The first-order valence-corrected chi connectivity index (χ1v) is 8.71. The zero-order chi connectivity index (χ0) is 18.4. The SMILES string of the molecule is COc1cc(-c2cnnc(NCCN3CCCC3)n2)cc(OC)c1OC. The molecule has 0 aliphatic carbocycles. The zero-order valence-corrected chi connectivity index (χ0v) is 15.5. The summed E-state index contributed by atoms with van der Waals surface area (Å²) in [4.78, 5) is 6.99. The van der Waals surface area contributed by atoms with Gasteiger partial charge in [0.25, 0.3) is 0 Å². The summed E-state index contributed by atoms with van der Waals surface area (Å²) < 4.78 is 16.2. The van der Waals surface area contributed by atoms with Crippen LogP contribution in [0.4, 0.5) is 5.95 Å². The summed E-state index contributed by atoms with van der Waals surface area (Å²) in [5.74, 6) is 2.20. The van der Waals surface area contributed by atoms with Crippen molar-refractivity contribution in [1.82, 2.24) is 20.1 Å². The molecule has 0 saturated carbocycles. The van der Waals surface area contributed by atoms with Crippen molar-refractivity contribution < 1.29 is 14.2 Å². The predicted octanol–water partition coefficient (Wildman–Crippen LogP) is 2.07. The maximum Gasteiger partial charge on any atom is 0.243 e. The molecule has 8 heteroatoms. The van der Waals surface area contributed by atoms with E-state index >= 15 is 0 Å². The third-order valence-electron chi connectivity index (χ3n) is 4.43. The molecule has 8 nitrogen and oxygen atoms in total. The number of methoxy groups -OCH3 is 3. The van der Waals surface area contributed by atoms with Gasteiger partial charge in [-0.15, -0.1) is 5.10 Å². The molecule has 0 atom stereocenters. The number of anilines is 1. The molecule has 0 bridgehead atoms. The van der Waals surface area contributed by atoms with Gasteiger partial charge in [-0.05, 0) is 38.1 Å². The Hall–Kier alpha value is -2.61. The Morgan fingerprint density at radius 3 is 2.35 bits per heavy atom. The average molecular weight is 359 g/mol. The van der Waals surface area contributed by atoms with Crippen LogP contribution in [0.25, 0.3) is 11.3 Å². The number of nitrogens with zero attached hydrogens (tertiary/aromatic N) is 4. The Morgan fingerprint density at radius 2 is 1.73 bits per heavy atom. The van der Waals surface area contributed by atoms with Crippen LogP contribution >= 0.6 is 0 Å². The molecule has 1 aromatic heterocycles. The van der Waals surface area contributed by atoms with Crippen LogP contribution in [-0.2, 0) is 0 Å². The van der Waals surface area contributed by atoms with Crippen LogP contribution in [0.1, 0.15) is 12.8 Å². The highest BCUT2D eigenvalue weighted by molar-refractivity contribution is 5.68. The van der Waals surface area contributed by atoms with E-state index in [9.17, 15) is 0 Å². The van der Waals surface area contributed by atoms with Gasteiger partial charge in [0, 0.05) is 18.7 Å². The second-order valence-electron chi connectivity index (χ2n) is 6.05. The number of benzene rings is 1. The van der Waals surface area contributed by atoms with Crippen molar-refractivity contribution in [2.24, 2.45) is 0 Å². The van der Waals surface area contributed by atoms with Crippen LogP contribution in [0, 0.1) is 0 Å². The zero-order valence-electron chi connectivity index (χ0n) is 15.5. The second-order valence-corrected chi connectivity index (χ2v) is 6.05. The summed E-state index contributed by atoms with van der Waals surface area (Å²) >= 11 is 0. The van der Waals surface area contributed by atoms with Crippen LogP contribution < -0.4 is 19.5 Å². The van der Waals surface area contributed by atoms with Gasteiger partial charge in [0.05, 0.1) is 33.2 Å². The monoisotopic (exact) mass is 359 g/mol. The molecule has 2 aromatic rings. The lowest BCUT2D eigenvalue weighted by molar-refractivity contribution is 0.324. The molecular weight excluding hydrogens is 334 g/mol. The van der Waals surface area contributed by atoms with Crippen molar-refractivity contribution in [1.29, 1.82) is 0 Å². The summed E-state index contributed by atoms with van der Waals surface area (Å²) in [7, 11) is 4.75. The van der Waals surface area contributed by atoms with Crippen LogP contribution in [0.5, 0.6) is 17.2 Å². The number of aromatic nitrogens is 3. The minimum Gasteiger partial charge on any atom is -0.493 e. The molecule has 26 heavy (non-hydrogen) atoms. The molecule has 1 aromatic carbocycles. The number of hydrogen-bond acceptors (Lipinski definition) is 8. The van der Waals surface area contributed by atoms with Crippen molar-refractivity contribution in [3.8, 4) is 28.5 Å². The number of nitrogens with one attached hydrogen (secondary N) is 1. The molecule has 3 rings (SSSR count). The number of rotatable bonds is 8. The van der Waals surface area contributed by atoms with E-state index in [1.165, 1.54) is 25.9 Å². The van der Waals surface area contributed by atoms with Gasteiger partial charge in [-0.2, -0.15) is 5.10 Å². The van der Waals surface area contributed by atoms with Crippen molar-refractivity contribution in [3.05, 3.63) is 18.3 Å². The van der Waals surface area contributed by atoms with Crippen LogP contribution in [0.15, 0.2) is 18.3 Å². The van der Waals surface area contributed by atoms with Crippen molar-refractivity contribution >= 4 is 5.95 Å². The Kier molecular flexibility index (Phi) is 6.06. The highest BCUT2D eigenvalue weighted by Crippen LogP contribution is 2.40. The molecule has 0 unspecified atom stereocenters. The summed E-state index contributed by atoms with van der Waals surface area (Å²) in [6, 6.07) is 3.69. The summed E-state index contributed by atoms with van der Waals surface area (Å²) in [5.41, 5.74) is 1.50. The normalized spacial score (nSPS) is 14.3. The van der Waals surface area contributed by atoms with Gasteiger partial charge in [0.2, 0.25) is 11.7 Å². The number of hydrogen-bond donors (Lipinski definition) is 1. The highest BCUT2D eigenvalue weighted by Gasteiger charge is 2.15. The maximum atomic E-state index is 5.40. The standard InChI is InChI=1S/C18H25N5O3/c1-24-15-10-13(11-16(25-2)17(15)26-3)14-12-20-22-18(21-14)19-6-9-23-7-4-5-8-23/h10-12H,4-9H2,1-3H3,(H,19,21,22). The van der Waals surface area contributed by atoms with Gasteiger partial charge in [-0.25, -0.2) is 4.98 Å². The van der Waals surface area contributed by atoms with Crippen molar-refractivity contribution in [3.63, 3.8) is 0 Å². The van der Waals surface area contributed by atoms with Gasteiger partial charge in [-0.1, -0.05) is 0 Å². The highest BCUT2D eigenvalue weighted by atomic mass is 16.5. The van der Waals surface area contributed by atoms with Gasteiger partial charge in [0.15, 0.2) is 11.5 Å². The van der Waals surface area contributed by atoms with Crippen LogP contribution in [-0.4, -0.2) is 67.6 Å². The largest absolute Gasteiger partial charge is 0.493 e. The van der Waals surface area contributed by atoms with E-state index in [0.717, 1.165) is 18.7 Å². The molecule has 1 saturated heterocycles. The average Bonchev–Trinajstić information content (AvgIpc) is 3.20. The fourth-order valence-electron chi connectivity index (χ4n) is 3.08. The molecule has 0 radical (unpaired) electrons. The molecule has 0 amide bonds. The topological polar surface area (TPSA) is 81.6 Å². The predicted molar refractivity (Wildman–Crippen MR) is 99.1 cm³/mol. The minimum absolute atomic E-state index is 0.510. The first-order chi connectivity index (χ1) is 12.7. The Labute approximate surface area is 153 Å². The van der Waals surface area contributed by atoms with E-state index in [4.69, 9.17) is 14.2 Å². The molecule has 2 heterocycles. The summed E-state index contributed by atoms with van der Waals surface area (Å²) in [6.45, 7) is 4.12. The maximum absolute atomic E-state index is 5.40. The van der Waals surface area contributed by atoms with E-state index < -0.39 is 0 Å². The molecule has 0 spiro atoms. The fourth-order valence-corrected chi connectivity index (χ4v) is 3.08. The second kappa shape index (κ2) is 8.66. The Balaban J connectivity index is 1.76. The van der Waals surface area contributed by atoms with Crippen molar-refractivity contribution in [2.45, 2.75) is 12.8 Å². The van der Waals surface area contributed by atoms with Gasteiger partial charge in [-0.3, -0.25) is 0 Å². The summed E-state index contributed by atoms with van der Waals surface area (Å²) in [6.07, 6.45) is 4.19. The first-order valence-electron chi connectivity index (χ1n) is 8.71. The quantitative estimate of drug-likeness (QED) is 0.767. The molecule has 1 aliphatic heterocycles. The van der Waals surface area contributed by atoms with E-state index in [1.54, 1.807) is 27.5 Å². The van der Waals surface area contributed by atoms with Crippen LogP contribution in [0.3, 0.4) is 0 Å². The lowest BCUT2D eigenvalue weighted by atomic mass is 10.1. The Morgan fingerprint density at radius 1 is 1.04 bits per heavy atom. The Bertz CT molecular complexity index is 710. The number of likely N-dealkylation sites (tertiary alicyclic amines) is 1. The van der Waals surface area contributed by atoms with Gasteiger partial charge >= 0.3 is 0 Å². The smallest absolute Gasteiger partial charge is 0.243 e. The van der Waals surface area contributed by atoms with E-state index in [-0.39, 0.29) is 0 Å². The van der Waals surface area contributed by atoms with E-state index in [2.05, 4.69) is 25.4 Å². The fraction of sp³-hybridized carbons (Fsp3) is 0.500. The molecule has 140 valence electrons. The van der Waals surface area contributed by atoms with Gasteiger partial charge in [0.1, 0.15) is 0 Å². The third-order valence-corrected chi connectivity index (χ3v) is 4.43. The van der Waals surface area contributed by atoms with E-state index in [1.807, 2.05) is 12.1 Å². The third kappa shape index (κ3) is 4.13. The van der Waals surface area contributed by atoms with Crippen molar-refractivity contribution in [2.75, 3.05) is 52.8 Å². The number of ether oxygens (including phenoxy) is 3. The van der Waals surface area contributed by atoms with Gasteiger partial charge < -0.3 is 24.4 Å². The molecule has 1 aliphatic rings. The first kappa shape index (κ1) is 18.2. The van der Waals surface area contributed by atoms with Crippen LogP contribution in [0.2, 0.25) is 0 Å². The van der Waals surface area contributed by atoms with E-state index in [0.29, 0.717) is 28.9 Å². The minimum atomic E-state index is 0.510. The molecule has 1 N–H and O–H groups in total. The lowest BCUT2D eigenvalue weighted by Crippen LogP contribution is -2.26. The molecule has 1 fully saturated rings.